The van der Waals surface area contributed by atoms with Crippen molar-refractivity contribution < 1.29 is 4.79 Å². The molecule has 3 rings (SSSR count). The normalized spacial score (nSPS) is 21.8. The van der Waals surface area contributed by atoms with E-state index in [1.807, 2.05) is 39.9 Å². The van der Waals surface area contributed by atoms with Gasteiger partial charge in [0, 0.05) is 42.8 Å². The highest BCUT2D eigenvalue weighted by Crippen LogP contribution is 2.24. The summed E-state index contributed by atoms with van der Waals surface area (Å²) < 4.78 is 1.90. The second-order valence-corrected chi connectivity index (χ2v) is 5.94. The van der Waals surface area contributed by atoms with Crippen LogP contribution in [0.2, 0.25) is 0 Å². The quantitative estimate of drug-likeness (QED) is 0.943. The highest BCUT2D eigenvalue weighted by molar-refractivity contribution is 5.95. The van der Waals surface area contributed by atoms with Crippen LogP contribution in [0.1, 0.15) is 30.1 Å². The first-order valence-electron chi connectivity index (χ1n) is 7.80. The third-order valence-corrected chi connectivity index (χ3v) is 4.51. The van der Waals surface area contributed by atoms with Crippen molar-refractivity contribution in [3.63, 3.8) is 0 Å². The highest BCUT2D eigenvalue weighted by atomic mass is 16.2. The first kappa shape index (κ1) is 14.8. The van der Waals surface area contributed by atoms with E-state index in [9.17, 15) is 4.79 Å². The molecule has 1 aromatic carbocycles. The van der Waals surface area contributed by atoms with Crippen molar-refractivity contribution >= 4 is 5.91 Å². The zero-order chi connectivity index (χ0) is 15.5. The van der Waals surface area contributed by atoms with Crippen molar-refractivity contribution in [2.75, 3.05) is 13.1 Å². The number of amides is 1. The van der Waals surface area contributed by atoms with Crippen LogP contribution in [-0.4, -0.2) is 39.5 Å². The lowest BCUT2D eigenvalue weighted by molar-refractivity contribution is 0.0532. The summed E-state index contributed by atoms with van der Waals surface area (Å²) in [7, 11) is 0. The van der Waals surface area contributed by atoms with E-state index in [4.69, 9.17) is 5.73 Å². The van der Waals surface area contributed by atoms with Gasteiger partial charge in [-0.1, -0.05) is 13.0 Å². The Labute approximate surface area is 130 Å². The Morgan fingerprint density at radius 3 is 3.05 bits per heavy atom. The molecule has 116 valence electrons. The second-order valence-electron chi connectivity index (χ2n) is 5.94. The molecule has 1 fully saturated rings. The van der Waals surface area contributed by atoms with E-state index in [2.05, 4.69) is 11.9 Å². The Hall–Kier alpha value is -2.14. The third kappa shape index (κ3) is 2.76. The van der Waals surface area contributed by atoms with Gasteiger partial charge in [0.1, 0.15) is 0 Å². The molecule has 1 saturated heterocycles. The summed E-state index contributed by atoms with van der Waals surface area (Å²) in [6.45, 7) is 3.49. The van der Waals surface area contributed by atoms with E-state index in [1.165, 1.54) is 0 Å². The number of rotatable bonds is 3. The monoisotopic (exact) mass is 298 g/mol. The van der Waals surface area contributed by atoms with E-state index < -0.39 is 0 Å². The van der Waals surface area contributed by atoms with Crippen molar-refractivity contribution in [2.24, 2.45) is 11.7 Å². The largest absolute Gasteiger partial charge is 0.334 e. The lowest BCUT2D eigenvalue weighted by Crippen LogP contribution is -2.51. The van der Waals surface area contributed by atoms with Gasteiger partial charge in [-0.2, -0.15) is 0 Å². The fourth-order valence-corrected chi connectivity index (χ4v) is 3.24. The van der Waals surface area contributed by atoms with E-state index >= 15 is 0 Å². The number of benzene rings is 1. The van der Waals surface area contributed by atoms with Crippen molar-refractivity contribution in [2.45, 2.75) is 25.8 Å². The second kappa shape index (κ2) is 6.32. The van der Waals surface area contributed by atoms with Gasteiger partial charge >= 0.3 is 0 Å². The molecule has 0 bridgehead atoms. The minimum absolute atomic E-state index is 0.0731. The maximum atomic E-state index is 12.9. The molecule has 5 heteroatoms. The SMILES string of the molecule is C[C@H]1CCCN(C(=O)c2cccc(-n3ccnc3)c2)[C@H]1CN. The average molecular weight is 298 g/mol. The number of aromatic nitrogens is 2. The van der Waals surface area contributed by atoms with Gasteiger partial charge < -0.3 is 15.2 Å². The Morgan fingerprint density at radius 2 is 2.32 bits per heavy atom. The first-order chi connectivity index (χ1) is 10.7. The number of nitrogens with two attached hydrogens (primary N) is 1. The molecule has 0 unspecified atom stereocenters. The molecule has 0 saturated carbocycles. The van der Waals surface area contributed by atoms with Crippen LogP contribution in [0.3, 0.4) is 0 Å². The summed E-state index contributed by atoms with van der Waals surface area (Å²) in [5.74, 6) is 0.531. The maximum Gasteiger partial charge on any atom is 0.254 e. The van der Waals surface area contributed by atoms with Gasteiger partial charge in [0.05, 0.1) is 6.33 Å². The number of likely N-dealkylation sites (tertiary alicyclic amines) is 1. The molecule has 0 spiro atoms. The van der Waals surface area contributed by atoms with Gasteiger partial charge in [0.2, 0.25) is 0 Å². The summed E-state index contributed by atoms with van der Waals surface area (Å²) in [4.78, 5) is 18.9. The average Bonchev–Trinajstić information content (AvgIpc) is 3.08. The van der Waals surface area contributed by atoms with Gasteiger partial charge in [-0.15, -0.1) is 0 Å². The van der Waals surface area contributed by atoms with E-state index in [-0.39, 0.29) is 11.9 Å². The number of hydrogen-bond donors (Lipinski definition) is 1. The van der Waals surface area contributed by atoms with Gasteiger partial charge in [0.15, 0.2) is 0 Å². The molecular weight excluding hydrogens is 276 g/mol. The lowest BCUT2D eigenvalue weighted by atomic mass is 9.90. The Bertz CT molecular complexity index is 638. The molecule has 0 aliphatic carbocycles. The first-order valence-corrected chi connectivity index (χ1v) is 7.80. The minimum atomic E-state index is 0.0731. The van der Waals surface area contributed by atoms with Crippen molar-refractivity contribution in [1.82, 2.24) is 14.5 Å². The molecule has 1 aliphatic heterocycles. The van der Waals surface area contributed by atoms with Crippen molar-refractivity contribution in [3.8, 4) is 5.69 Å². The molecule has 1 aromatic heterocycles. The molecule has 5 nitrogen and oxygen atoms in total. The summed E-state index contributed by atoms with van der Waals surface area (Å²) in [5.41, 5.74) is 7.55. The zero-order valence-corrected chi connectivity index (χ0v) is 12.9. The van der Waals surface area contributed by atoms with Gasteiger partial charge in [0.25, 0.3) is 5.91 Å². The summed E-state index contributed by atoms with van der Waals surface area (Å²) in [6, 6.07) is 7.80. The van der Waals surface area contributed by atoms with E-state index in [1.54, 1.807) is 12.5 Å². The zero-order valence-electron chi connectivity index (χ0n) is 12.9. The van der Waals surface area contributed by atoms with Crippen LogP contribution in [0.5, 0.6) is 0 Å². The Balaban J connectivity index is 1.87. The van der Waals surface area contributed by atoms with E-state index in [0.717, 1.165) is 25.1 Å². The number of nitrogens with zero attached hydrogens (tertiary/aromatic N) is 3. The van der Waals surface area contributed by atoms with Gasteiger partial charge in [-0.25, -0.2) is 4.98 Å². The molecule has 1 amide bonds. The fraction of sp³-hybridized carbons (Fsp3) is 0.412. The number of hydrogen-bond acceptors (Lipinski definition) is 3. The standard InChI is InChI=1S/C17H22N4O/c1-13-4-3-8-21(16(13)11-18)17(22)14-5-2-6-15(10-14)20-9-7-19-12-20/h2,5-7,9-10,12-13,16H,3-4,8,11,18H2,1H3/t13-,16-/m0/s1. The topological polar surface area (TPSA) is 64.2 Å². The predicted octanol–water partition coefficient (Wildman–Crippen LogP) is 2.07. The molecule has 22 heavy (non-hydrogen) atoms. The molecule has 2 N–H and O–H groups in total. The predicted molar refractivity (Wildman–Crippen MR) is 85.8 cm³/mol. The lowest BCUT2D eigenvalue weighted by Gasteiger charge is -2.39. The molecule has 1 aliphatic rings. The highest BCUT2D eigenvalue weighted by Gasteiger charge is 2.31. The van der Waals surface area contributed by atoms with E-state index in [0.29, 0.717) is 18.0 Å². The smallest absolute Gasteiger partial charge is 0.254 e. The van der Waals surface area contributed by atoms with Crippen LogP contribution in [-0.2, 0) is 0 Å². The van der Waals surface area contributed by atoms with Crippen LogP contribution < -0.4 is 5.73 Å². The molecule has 2 atom stereocenters. The van der Waals surface area contributed by atoms with Gasteiger partial charge in [-0.05, 0) is 37.0 Å². The molecular formula is C17H22N4O. The molecule has 2 aromatic rings. The van der Waals surface area contributed by atoms with Crippen molar-refractivity contribution in [3.05, 3.63) is 48.5 Å². The number of carbonyl (C=O) groups excluding carboxylic acids is 1. The minimum Gasteiger partial charge on any atom is -0.334 e. The Kier molecular flexibility index (Phi) is 4.24. The molecule has 2 heterocycles. The van der Waals surface area contributed by atoms with Crippen LogP contribution in [0.25, 0.3) is 5.69 Å². The van der Waals surface area contributed by atoms with Crippen LogP contribution in [0.4, 0.5) is 0 Å². The van der Waals surface area contributed by atoms with Gasteiger partial charge in [-0.3, -0.25) is 4.79 Å². The number of imidazole rings is 1. The Morgan fingerprint density at radius 1 is 1.45 bits per heavy atom. The third-order valence-electron chi connectivity index (χ3n) is 4.51. The van der Waals surface area contributed by atoms with Crippen molar-refractivity contribution in [1.29, 1.82) is 0 Å². The van der Waals surface area contributed by atoms with Crippen LogP contribution >= 0.6 is 0 Å². The summed E-state index contributed by atoms with van der Waals surface area (Å²) in [5, 5.41) is 0. The van der Waals surface area contributed by atoms with Crippen LogP contribution in [0.15, 0.2) is 43.0 Å². The number of carbonyl (C=O) groups is 1. The van der Waals surface area contributed by atoms with Crippen LogP contribution in [0, 0.1) is 5.92 Å². The maximum absolute atomic E-state index is 12.9. The summed E-state index contributed by atoms with van der Waals surface area (Å²) in [6.07, 6.45) is 7.51. The molecule has 0 radical (unpaired) electrons. The fourth-order valence-electron chi connectivity index (χ4n) is 3.24. The number of piperidine rings is 1. The summed E-state index contributed by atoms with van der Waals surface area (Å²) >= 11 is 0.